The second-order valence-electron chi connectivity index (χ2n) is 7.69. The summed E-state index contributed by atoms with van der Waals surface area (Å²) < 4.78 is 18.0. The highest BCUT2D eigenvalue weighted by atomic mass is 16.5. The van der Waals surface area contributed by atoms with Crippen molar-refractivity contribution in [3.05, 3.63) is 0 Å². The van der Waals surface area contributed by atoms with E-state index in [0.29, 0.717) is 12.0 Å². The zero-order valence-electron chi connectivity index (χ0n) is 14.6. The van der Waals surface area contributed by atoms with Gasteiger partial charge in [0.25, 0.3) is 0 Å². The van der Waals surface area contributed by atoms with E-state index in [1.807, 2.05) is 7.11 Å². The van der Waals surface area contributed by atoms with Gasteiger partial charge in [0.05, 0.1) is 16.8 Å². The van der Waals surface area contributed by atoms with Crippen LogP contribution in [0.2, 0.25) is 0 Å². The minimum Gasteiger partial charge on any atom is -0.381 e. The molecule has 4 heteroatoms. The quantitative estimate of drug-likeness (QED) is 0.847. The average molecular weight is 299 g/mol. The number of nitrogens with one attached hydrogen (secondary N) is 1. The Morgan fingerprint density at radius 1 is 1.19 bits per heavy atom. The molecule has 1 N–H and O–H groups in total. The molecule has 2 fully saturated rings. The summed E-state index contributed by atoms with van der Waals surface area (Å²) in [6.07, 6.45) is 2.96. The van der Waals surface area contributed by atoms with Crippen molar-refractivity contribution < 1.29 is 14.2 Å². The average Bonchev–Trinajstić information content (AvgIpc) is 2.64. The second kappa shape index (κ2) is 6.15. The Bertz CT molecular complexity index is 348. The number of hydrogen-bond donors (Lipinski definition) is 1. The predicted molar refractivity (Wildman–Crippen MR) is 84.6 cm³/mol. The molecule has 0 aromatic carbocycles. The van der Waals surface area contributed by atoms with Crippen LogP contribution in [0.3, 0.4) is 0 Å². The van der Waals surface area contributed by atoms with E-state index in [0.717, 1.165) is 39.0 Å². The van der Waals surface area contributed by atoms with Gasteiger partial charge in [-0.3, -0.25) is 0 Å². The van der Waals surface area contributed by atoms with Crippen molar-refractivity contribution in [3.63, 3.8) is 0 Å². The Morgan fingerprint density at radius 2 is 1.81 bits per heavy atom. The van der Waals surface area contributed by atoms with Crippen LogP contribution in [0.4, 0.5) is 0 Å². The largest absolute Gasteiger partial charge is 0.381 e. The minimum atomic E-state index is -0.139. The van der Waals surface area contributed by atoms with Crippen LogP contribution in [-0.4, -0.2) is 49.7 Å². The standard InChI is InChI=1S/C17H33NO3/c1-7-18-14(17(19-6)8-10-20-11-9-17)13-12-15(2,3)21-16(13,4)5/h13-14,18H,7-12H2,1-6H3. The molecular weight excluding hydrogens is 266 g/mol. The summed E-state index contributed by atoms with van der Waals surface area (Å²) in [4.78, 5) is 0. The van der Waals surface area contributed by atoms with Crippen molar-refractivity contribution in [2.45, 2.75) is 76.7 Å². The Kier molecular flexibility index (Phi) is 5.04. The van der Waals surface area contributed by atoms with Crippen molar-refractivity contribution in [2.75, 3.05) is 26.9 Å². The fraction of sp³-hybridized carbons (Fsp3) is 1.00. The fourth-order valence-corrected chi connectivity index (χ4v) is 4.40. The van der Waals surface area contributed by atoms with Crippen LogP contribution in [0.5, 0.6) is 0 Å². The van der Waals surface area contributed by atoms with Gasteiger partial charge in [0.2, 0.25) is 0 Å². The zero-order chi connectivity index (χ0) is 15.7. The molecule has 0 saturated carbocycles. The van der Waals surface area contributed by atoms with Gasteiger partial charge < -0.3 is 19.5 Å². The summed E-state index contributed by atoms with van der Waals surface area (Å²) in [6.45, 7) is 13.5. The van der Waals surface area contributed by atoms with Crippen molar-refractivity contribution in [3.8, 4) is 0 Å². The first-order valence-corrected chi connectivity index (χ1v) is 8.33. The Hall–Kier alpha value is -0.160. The van der Waals surface area contributed by atoms with Gasteiger partial charge in [0.1, 0.15) is 0 Å². The van der Waals surface area contributed by atoms with Crippen LogP contribution >= 0.6 is 0 Å². The molecule has 0 radical (unpaired) electrons. The fourth-order valence-electron chi connectivity index (χ4n) is 4.40. The second-order valence-corrected chi connectivity index (χ2v) is 7.69. The monoisotopic (exact) mass is 299 g/mol. The molecule has 0 aliphatic carbocycles. The highest BCUT2D eigenvalue weighted by Gasteiger charge is 2.55. The molecule has 21 heavy (non-hydrogen) atoms. The number of ether oxygens (including phenoxy) is 3. The van der Waals surface area contributed by atoms with Crippen LogP contribution in [-0.2, 0) is 14.2 Å². The predicted octanol–water partition coefficient (Wildman–Crippen LogP) is 2.75. The van der Waals surface area contributed by atoms with Gasteiger partial charge >= 0.3 is 0 Å². The highest BCUT2D eigenvalue weighted by molar-refractivity contribution is 5.07. The number of likely N-dealkylation sites (N-methyl/N-ethyl adjacent to an activating group) is 1. The van der Waals surface area contributed by atoms with Crippen LogP contribution in [0, 0.1) is 5.92 Å². The van der Waals surface area contributed by atoms with E-state index in [1.165, 1.54) is 0 Å². The third-order valence-electron chi connectivity index (χ3n) is 5.28. The maximum Gasteiger partial charge on any atom is 0.0878 e. The number of hydrogen-bond acceptors (Lipinski definition) is 4. The molecule has 0 aromatic heterocycles. The van der Waals surface area contributed by atoms with Gasteiger partial charge in [-0.2, -0.15) is 0 Å². The molecular formula is C17H33NO3. The van der Waals surface area contributed by atoms with Gasteiger partial charge in [-0.15, -0.1) is 0 Å². The first kappa shape index (κ1) is 17.2. The topological polar surface area (TPSA) is 39.7 Å². The van der Waals surface area contributed by atoms with Gasteiger partial charge in [-0.05, 0) is 40.7 Å². The summed E-state index contributed by atoms with van der Waals surface area (Å²) >= 11 is 0. The normalized spacial score (nSPS) is 32.0. The SMILES string of the molecule is CCNC(C1CC(C)(C)OC1(C)C)C1(OC)CCOCC1. The van der Waals surface area contributed by atoms with Crippen molar-refractivity contribution in [2.24, 2.45) is 5.92 Å². The van der Waals surface area contributed by atoms with Crippen LogP contribution < -0.4 is 5.32 Å². The summed E-state index contributed by atoms with van der Waals surface area (Å²) in [5, 5.41) is 3.72. The molecule has 0 amide bonds. The van der Waals surface area contributed by atoms with Crippen molar-refractivity contribution in [1.29, 1.82) is 0 Å². The van der Waals surface area contributed by atoms with Gasteiger partial charge in [0, 0.05) is 45.1 Å². The molecule has 2 heterocycles. The lowest BCUT2D eigenvalue weighted by molar-refractivity contribution is -0.137. The Labute approximate surface area is 129 Å². The first-order chi connectivity index (χ1) is 9.76. The lowest BCUT2D eigenvalue weighted by Gasteiger charge is -2.47. The first-order valence-electron chi connectivity index (χ1n) is 8.33. The van der Waals surface area contributed by atoms with E-state index in [-0.39, 0.29) is 16.8 Å². The molecule has 0 aromatic rings. The van der Waals surface area contributed by atoms with Crippen molar-refractivity contribution >= 4 is 0 Å². The molecule has 4 nitrogen and oxygen atoms in total. The maximum absolute atomic E-state index is 6.33. The molecule has 2 aliphatic rings. The van der Waals surface area contributed by atoms with Crippen LogP contribution in [0.25, 0.3) is 0 Å². The maximum atomic E-state index is 6.33. The molecule has 2 aliphatic heterocycles. The minimum absolute atomic E-state index is 0.0675. The zero-order valence-corrected chi connectivity index (χ0v) is 14.6. The van der Waals surface area contributed by atoms with Gasteiger partial charge in [0.15, 0.2) is 0 Å². The number of rotatable bonds is 5. The van der Waals surface area contributed by atoms with E-state index in [2.05, 4.69) is 39.9 Å². The summed E-state index contributed by atoms with van der Waals surface area (Å²) in [5.74, 6) is 0.436. The smallest absolute Gasteiger partial charge is 0.0878 e. The molecule has 0 bridgehead atoms. The van der Waals surface area contributed by atoms with Gasteiger partial charge in [-0.1, -0.05) is 6.92 Å². The summed E-state index contributed by atoms with van der Waals surface area (Å²) in [7, 11) is 1.85. The highest BCUT2D eigenvalue weighted by Crippen LogP contribution is 2.47. The third kappa shape index (κ3) is 3.44. The van der Waals surface area contributed by atoms with E-state index in [9.17, 15) is 0 Å². The van der Waals surface area contributed by atoms with E-state index < -0.39 is 0 Å². The van der Waals surface area contributed by atoms with E-state index in [4.69, 9.17) is 14.2 Å². The van der Waals surface area contributed by atoms with Crippen LogP contribution in [0.1, 0.15) is 53.9 Å². The van der Waals surface area contributed by atoms with Gasteiger partial charge in [-0.25, -0.2) is 0 Å². The lowest BCUT2D eigenvalue weighted by Crippen LogP contribution is -2.61. The van der Waals surface area contributed by atoms with E-state index in [1.54, 1.807) is 0 Å². The van der Waals surface area contributed by atoms with Crippen LogP contribution in [0.15, 0.2) is 0 Å². The van der Waals surface area contributed by atoms with E-state index >= 15 is 0 Å². The number of methoxy groups -OCH3 is 1. The summed E-state index contributed by atoms with van der Waals surface area (Å²) in [5.41, 5.74) is -0.345. The Balaban J connectivity index is 2.29. The molecule has 2 rings (SSSR count). The molecule has 0 spiro atoms. The molecule has 2 atom stereocenters. The van der Waals surface area contributed by atoms with Crippen molar-refractivity contribution in [1.82, 2.24) is 5.32 Å². The summed E-state index contributed by atoms with van der Waals surface area (Å²) in [6, 6.07) is 0.299. The third-order valence-corrected chi connectivity index (χ3v) is 5.28. The lowest BCUT2D eigenvalue weighted by atomic mass is 9.71. The Morgan fingerprint density at radius 3 is 2.24 bits per heavy atom. The molecule has 2 unspecified atom stereocenters. The molecule has 2 saturated heterocycles. The molecule has 124 valence electrons.